The van der Waals surface area contributed by atoms with E-state index in [1.54, 1.807) is 39.8 Å². The Morgan fingerprint density at radius 1 is 0.589 bits per heavy atom. The number of nitrogens with zero attached hydrogens (tertiary/aromatic N) is 7. The van der Waals surface area contributed by atoms with E-state index in [1.807, 2.05) is 39.8 Å². The number of alkyl halides is 3. The van der Waals surface area contributed by atoms with Gasteiger partial charge >= 0.3 is 6.18 Å². The molecule has 0 unspecified atom stereocenters. The molecule has 0 radical (unpaired) electrons. The fourth-order valence-electron chi connectivity index (χ4n) is 9.97. The minimum Gasteiger partial charge on any atom is -0.343 e. The summed E-state index contributed by atoms with van der Waals surface area (Å²) in [4.78, 5) is 166. The predicted octanol–water partition coefficient (Wildman–Crippen LogP) is 4.85. The van der Waals surface area contributed by atoms with E-state index in [9.17, 15) is 65.9 Å². The molecule has 1 aliphatic rings. The molecule has 26 heteroatoms. The minimum atomic E-state index is -4.77. The van der Waals surface area contributed by atoms with Crippen molar-refractivity contribution in [2.45, 2.75) is 188 Å². The number of benzene rings is 2. The van der Waals surface area contributed by atoms with Crippen LogP contribution >= 0.6 is 11.6 Å². The van der Waals surface area contributed by atoms with Crippen molar-refractivity contribution >= 4 is 76.6 Å². The zero-order valence-corrected chi connectivity index (χ0v) is 56.6. The SMILES string of the molecule is CC[C@H](C)[C@@H]1NC(=O)[C@H](C)N(C)C(=O)C[C@@H](C)N(C)C(=O)[C@H](CC(C)C)NC(=O)C(C)(C)N(C)C(=O)[C@H](CC(C)C)NC(=O)[C@H](CCc2ccc(C(F)(F)F)c(Cl)c2)NC(=O)[C@@H](C)N(C)C(=O)[C@H](Cc2ccc(C)cc2)N(C)C(=O)CN(C)C(=O)CN(C)C1=O. The molecule has 11 amide bonds. The normalized spacial score (nSPS) is 24.5. The first-order valence-corrected chi connectivity index (χ1v) is 30.9. The summed E-state index contributed by atoms with van der Waals surface area (Å²) in [6.07, 6.45) is -4.91. The minimum absolute atomic E-state index is 0.0117. The zero-order chi connectivity index (χ0) is 68.8. The summed E-state index contributed by atoms with van der Waals surface area (Å²) in [7, 11) is 9.63. The molecule has 90 heavy (non-hydrogen) atoms. The van der Waals surface area contributed by atoms with Gasteiger partial charge in [-0.15, -0.1) is 0 Å². The van der Waals surface area contributed by atoms with Crippen molar-refractivity contribution in [1.82, 2.24) is 55.6 Å². The second-order valence-corrected chi connectivity index (χ2v) is 26.0. The topological polar surface area (TPSA) is 259 Å². The molecule has 0 aromatic heterocycles. The van der Waals surface area contributed by atoms with E-state index in [-0.39, 0.29) is 55.9 Å². The number of likely N-dealkylation sites (N-methyl/N-ethyl adjacent to an activating group) is 7. The highest BCUT2D eigenvalue weighted by atomic mass is 35.5. The van der Waals surface area contributed by atoms with Crippen LogP contribution in [0.25, 0.3) is 0 Å². The lowest BCUT2D eigenvalue weighted by Crippen LogP contribution is -2.63. The number of halogens is 4. The molecule has 0 aliphatic carbocycles. The number of hydrogen-bond acceptors (Lipinski definition) is 11. The maximum absolute atomic E-state index is 14.9. The van der Waals surface area contributed by atoms with Crippen LogP contribution in [-0.4, -0.2) is 216 Å². The van der Waals surface area contributed by atoms with E-state index in [0.717, 1.165) is 42.2 Å². The summed E-state index contributed by atoms with van der Waals surface area (Å²) in [5.41, 5.74) is -0.996. The van der Waals surface area contributed by atoms with Crippen LogP contribution in [0, 0.1) is 24.7 Å². The smallest absolute Gasteiger partial charge is 0.343 e. The van der Waals surface area contributed by atoms with Crippen molar-refractivity contribution in [3.8, 4) is 0 Å². The van der Waals surface area contributed by atoms with Gasteiger partial charge in [0.2, 0.25) is 65.0 Å². The summed E-state index contributed by atoms with van der Waals surface area (Å²) in [5.74, 6) is -8.62. The van der Waals surface area contributed by atoms with E-state index in [0.29, 0.717) is 12.0 Å². The number of amides is 11. The Labute approximate surface area is 534 Å². The maximum Gasteiger partial charge on any atom is 0.417 e. The molecule has 22 nitrogen and oxygen atoms in total. The van der Waals surface area contributed by atoms with E-state index in [2.05, 4.69) is 21.3 Å². The molecule has 3 rings (SSSR count). The molecule has 1 fully saturated rings. The van der Waals surface area contributed by atoms with Gasteiger partial charge in [-0.3, -0.25) is 52.7 Å². The van der Waals surface area contributed by atoms with E-state index < -0.39 is 155 Å². The number of hydrogen-bond donors (Lipinski definition) is 4. The second-order valence-electron chi connectivity index (χ2n) is 25.5. The van der Waals surface area contributed by atoms with E-state index in [1.165, 1.54) is 92.9 Å². The van der Waals surface area contributed by atoms with E-state index in [4.69, 9.17) is 11.6 Å². The molecule has 2 aromatic carbocycles. The van der Waals surface area contributed by atoms with Gasteiger partial charge < -0.3 is 55.6 Å². The number of nitrogens with one attached hydrogen (secondary N) is 4. The molecule has 9 atom stereocenters. The van der Waals surface area contributed by atoms with Gasteiger partial charge in [-0.05, 0) is 108 Å². The van der Waals surface area contributed by atoms with Crippen molar-refractivity contribution in [3.05, 3.63) is 69.7 Å². The fraction of sp³-hybridized carbons (Fsp3) is 0.641. The molecule has 502 valence electrons. The Bertz CT molecular complexity index is 2910. The van der Waals surface area contributed by atoms with Crippen molar-refractivity contribution in [2.75, 3.05) is 62.4 Å². The lowest BCUT2D eigenvalue weighted by atomic mass is 9.95. The average molecular weight is 1290 g/mol. The highest BCUT2D eigenvalue weighted by molar-refractivity contribution is 6.31. The summed E-state index contributed by atoms with van der Waals surface area (Å²) >= 11 is 6.09. The van der Waals surface area contributed by atoms with Crippen LogP contribution in [0.3, 0.4) is 0 Å². The van der Waals surface area contributed by atoms with Crippen molar-refractivity contribution < 1.29 is 65.9 Å². The molecule has 0 spiro atoms. The van der Waals surface area contributed by atoms with Gasteiger partial charge in [-0.25, -0.2) is 0 Å². The van der Waals surface area contributed by atoms with Gasteiger partial charge in [0, 0.05) is 68.2 Å². The molecule has 1 saturated heterocycles. The standard InChI is InChI=1S/C64H97ClF3N11O11/c1-20-39(7)54-61(89)74(14)34-52(81)73(13)35-53(82)78(18)50(33-44-23-21-38(6)22-24-44)60(88)77(17)42(10)55(83)69-47(28-26-43-25-27-45(46(65)32-43)64(66,67)68)57(85)70-49(30-37(4)5)59(87)79(19)63(11,12)62(90)71-48(29-36(2)3)58(86)75(15)40(8)31-51(80)76(16)41(9)56(84)72-54/h21-25,27,32,36-37,39-42,47-50,54H,20,26,28-31,33-35H2,1-19H3,(H,69,83)(H,70,85)(H,71,90)(H,72,84)/t39-,40+,41-,42+,47-,48-,49-,50-,54-/m0/s1. The number of carbonyl (C=O) groups is 11. The van der Waals surface area contributed by atoms with Gasteiger partial charge in [0.15, 0.2) is 0 Å². The predicted molar refractivity (Wildman–Crippen MR) is 336 cm³/mol. The molecule has 0 bridgehead atoms. The van der Waals surface area contributed by atoms with Crippen molar-refractivity contribution in [1.29, 1.82) is 0 Å². The average Bonchev–Trinajstić information content (AvgIpc) is 1.07. The first kappa shape index (κ1) is 76.9. The third kappa shape index (κ3) is 20.9. The molecular weight excluding hydrogens is 1190 g/mol. The van der Waals surface area contributed by atoms with Crippen LogP contribution in [0.2, 0.25) is 5.02 Å². The highest BCUT2D eigenvalue weighted by Crippen LogP contribution is 2.35. The van der Waals surface area contributed by atoms with Gasteiger partial charge in [-0.2, -0.15) is 13.2 Å². The van der Waals surface area contributed by atoms with Crippen LogP contribution < -0.4 is 21.3 Å². The number of carbonyl (C=O) groups excluding carboxylic acids is 11. The van der Waals surface area contributed by atoms with Crippen LogP contribution in [-0.2, 0) is 71.8 Å². The van der Waals surface area contributed by atoms with Crippen LogP contribution in [0.1, 0.15) is 131 Å². The molecule has 0 saturated carbocycles. The van der Waals surface area contributed by atoms with Gasteiger partial charge in [0.1, 0.15) is 47.8 Å². The lowest BCUT2D eigenvalue weighted by molar-refractivity contribution is -0.149. The second kappa shape index (κ2) is 33.1. The Kier molecular flexibility index (Phi) is 28.3. The van der Waals surface area contributed by atoms with E-state index >= 15 is 0 Å². The van der Waals surface area contributed by atoms with Crippen LogP contribution in [0.15, 0.2) is 42.5 Å². The third-order valence-electron chi connectivity index (χ3n) is 17.2. The third-order valence-corrected chi connectivity index (χ3v) is 17.5. The molecule has 1 heterocycles. The maximum atomic E-state index is 14.9. The van der Waals surface area contributed by atoms with Crippen molar-refractivity contribution in [3.63, 3.8) is 0 Å². The largest absolute Gasteiger partial charge is 0.417 e. The summed E-state index contributed by atoms with van der Waals surface area (Å²) in [6.45, 7) is 19.0. The lowest BCUT2D eigenvalue weighted by Gasteiger charge is -2.39. The molecule has 1 aliphatic heterocycles. The van der Waals surface area contributed by atoms with Gasteiger partial charge in [0.05, 0.1) is 23.7 Å². The fourth-order valence-corrected chi connectivity index (χ4v) is 10.3. The number of aryl methyl sites for hydroxylation is 2. The number of rotatable bonds is 11. The summed E-state index contributed by atoms with van der Waals surface area (Å²) in [5, 5.41) is 10.4. The molecule has 4 N–H and O–H groups in total. The molecule has 2 aromatic rings. The summed E-state index contributed by atoms with van der Waals surface area (Å²) < 4.78 is 41.3. The van der Waals surface area contributed by atoms with Crippen molar-refractivity contribution in [2.24, 2.45) is 17.8 Å². The Balaban J connectivity index is 2.23. The first-order chi connectivity index (χ1) is 41.6. The van der Waals surface area contributed by atoms with Gasteiger partial charge in [0.25, 0.3) is 0 Å². The van der Waals surface area contributed by atoms with Crippen LogP contribution in [0.4, 0.5) is 13.2 Å². The Morgan fingerprint density at radius 3 is 1.63 bits per heavy atom. The quantitative estimate of drug-likeness (QED) is 0.237. The highest BCUT2D eigenvalue weighted by Gasteiger charge is 2.43. The zero-order valence-electron chi connectivity index (χ0n) is 55.9. The molecular formula is C64H97ClF3N11O11. The monoisotopic (exact) mass is 1290 g/mol. The van der Waals surface area contributed by atoms with Gasteiger partial charge in [-0.1, -0.05) is 95.5 Å². The van der Waals surface area contributed by atoms with Crippen LogP contribution in [0.5, 0.6) is 0 Å². The first-order valence-electron chi connectivity index (χ1n) is 30.5. The summed E-state index contributed by atoms with van der Waals surface area (Å²) in [6, 6.07) is 0.458. The Hall–Kier alpha value is -7.31. The Morgan fingerprint density at radius 2 is 1.10 bits per heavy atom.